The predicted octanol–water partition coefficient (Wildman–Crippen LogP) is 2.40. The summed E-state index contributed by atoms with van der Waals surface area (Å²) in [5, 5.41) is 0. The second-order valence-electron chi connectivity index (χ2n) is 3.50. The maximum atomic E-state index is 10.9. The van der Waals surface area contributed by atoms with E-state index < -0.39 is 5.60 Å². The second kappa shape index (κ2) is 3.29. The zero-order chi connectivity index (χ0) is 10.0. The lowest BCUT2D eigenvalue weighted by Crippen LogP contribution is -2.44. The first-order valence-corrected chi connectivity index (χ1v) is 4.65. The summed E-state index contributed by atoms with van der Waals surface area (Å²) in [5.41, 5.74) is 0.625. The van der Waals surface area contributed by atoms with Gasteiger partial charge >= 0.3 is 5.97 Å². The molecule has 2 rings (SSSR count). The third-order valence-electron chi connectivity index (χ3n) is 2.51. The number of carbonyl (C=O) groups excluding carboxylic acids is 1. The van der Waals surface area contributed by atoms with Crippen LogP contribution < -0.4 is 0 Å². The van der Waals surface area contributed by atoms with Crippen molar-refractivity contribution < 1.29 is 9.53 Å². The molecule has 1 aromatic rings. The van der Waals surface area contributed by atoms with Crippen LogP contribution in [0, 0.1) is 0 Å². The second-order valence-corrected chi connectivity index (χ2v) is 3.50. The largest absolute Gasteiger partial charge is 0.453 e. The maximum Gasteiger partial charge on any atom is 0.311 e. The number of hydrogen-bond donors (Lipinski definition) is 0. The summed E-state index contributed by atoms with van der Waals surface area (Å²) in [5.74, 6) is -0.129. The topological polar surface area (TPSA) is 26.3 Å². The molecule has 1 fully saturated rings. The van der Waals surface area contributed by atoms with E-state index >= 15 is 0 Å². The van der Waals surface area contributed by atoms with E-state index in [1.54, 1.807) is 6.08 Å². The molecule has 1 aliphatic rings. The van der Waals surface area contributed by atoms with Crippen LogP contribution in [0.4, 0.5) is 0 Å². The number of carbonyl (C=O) groups is 1. The van der Waals surface area contributed by atoms with Gasteiger partial charge in [-0.2, -0.15) is 0 Å². The molecule has 1 atom stereocenters. The fraction of sp³-hybridized carbons (Fsp3) is 0.250. The normalized spacial score (nSPS) is 25.0. The highest BCUT2D eigenvalue weighted by atomic mass is 16.6. The van der Waals surface area contributed by atoms with E-state index in [0.29, 0.717) is 12.8 Å². The summed E-state index contributed by atoms with van der Waals surface area (Å²) < 4.78 is 5.24. The Morgan fingerprint density at radius 1 is 1.43 bits per heavy atom. The van der Waals surface area contributed by atoms with Gasteiger partial charge in [-0.3, -0.25) is 4.79 Å². The molecule has 0 spiro atoms. The zero-order valence-corrected chi connectivity index (χ0v) is 7.90. The Hall–Kier alpha value is -1.57. The van der Waals surface area contributed by atoms with Crippen molar-refractivity contribution in [3.63, 3.8) is 0 Å². The first-order valence-electron chi connectivity index (χ1n) is 4.65. The molecular formula is C12H12O2. The monoisotopic (exact) mass is 188 g/mol. The number of hydrogen-bond acceptors (Lipinski definition) is 2. The highest BCUT2D eigenvalue weighted by molar-refractivity contribution is 5.77. The average Bonchev–Trinajstić information content (AvgIpc) is 2.17. The number of cyclic esters (lactones) is 1. The molecule has 2 nitrogen and oxygen atoms in total. The molecular weight excluding hydrogens is 176 g/mol. The molecule has 0 N–H and O–H groups in total. The average molecular weight is 188 g/mol. The molecule has 0 amide bonds. The molecule has 14 heavy (non-hydrogen) atoms. The van der Waals surface area contributed by atoms with E-state index in [1.807, 2.05) is 30.3 Å². The van der Waals surface area contributed by atoms with E-state index in [-0.39, 0.29) is 5.97 Å². The van der Waals surface area contributed by atoms with Crippen molar-refractivity contribution in [2.45, 2.75) is 18.4 Å². The van der Waals surface area contributed by atoms with Crippen molar-refractivity contribution >= 4 is 5.97 Å². The van der Waals surface area contributed by atoms with E-state index in [9.17, 15) is 4.79 Å². The summed E-state index contributed by atoms with van der Waals surface area (Å²) in [4.78, 5) is 10.9. The molecule has 0 saturated carbocycles. The van der Waals surface area contributed by atoms with Gasteiger partial charge in [0.2, 0.25) is 0 Å². The van der Waals surface area contributed by atoms with Gasteiger partial charge in [-0.1, -0.05) is 36.4 Å². The molecule has 0 bridgehead atoms. The molecule has 1 saturated heterocycles. The van der Waals surface area contributed by atoms with E-state index in [0.717, 1.165) is 5.56 Å². The number of ether oxygens (including phenoxy) is 1. The van der Waals surface area contributed by atoms with E-state index in [1.165, 1.54) is 0 Å². The minimum Gasteiger partial charge on any atom is -0.453 e. The van der Waals surface area contributed by atoms with Gasteiger partial charge in [0.25, 0.3) is 0 Å². The van der Waals surface area contributed by atoms with Gasteiger partial charge in [-0.05, 0) is 5.56 Å². The van der Waals surface area contributed by atoms with Crippen LogP contribution in [0.2, 0.25) is 0 Å². The van der Waals surface area contributed by atoms with Crippen molar-refractivity contribution in [2.75, 3.05) is 0 Å². The summed E-state index contributed by atoms with van der Waals surface area (Å²) >= 11 is 0. The Morgan fingerprint density at radius 3 is 2.57 bits per heavy atom. The van der Waals surface area contributed by atoms with Crippen molar-refractivity contribution in [1.82, 2.24) is 0 Å². The van der Waals surface area contributed by atoms with Crippen molar-refractivity contribution in [1.29, 1.82) is 0 Å². The summed E-state index contributed by atoms with van der Waals surface area (Å²) in [6, 6.07) is 9.82. The fourth-order valence-electron chi connectivity index (χ4n) is 1.81. The van der Waals surface area contributed by atoms with Gasteiger partial charge in [0.1, 0.15) is 0 Å². The van der Waals surface area contributed by atoms with Crippen LogP contribution >= 0.6 is 0 Å². The first kappa shape index (κ1) is 9.00. The Kier molecular flexibility index (Phi) is 2.12. The van der Waals surface area contributed by atoms with Crippen LogP contribution in [0.5, 0.6) is 0 Å². The van der Waals surface area contributed by atoms with Crippen LogP contribution in [0.25, 0.3) is 0 Å². The minimum atomic E-state index is -0.430. The lowest BCUT2D eigenvalue weighted by molar-refractivity contribution is -0.193. The van der Waals surface area contributed by atoms with Gasteiger partial charge in [0.05, 0.1) is 6.42 Å². The van der Waals surface area contributed by atoms with Crippen LogP contribution in [0.3, 0.4) is 0 Å². The SMILES string of the molecule is C=CCC1(c2ccccc2)CC(=O)O1. The molecule has 1 heterocycles. The molecule has 0 aromatic heterocycles. The molecule has 2 heteroatoms. The standard InChI is InChI=1S/C12H12O2/c1-2-8-12(9-11(13)14-12)10-6-4-3-5-7-10/h2-7H,1,8-9H2. The third-order valence-corrected chi connectivity index (χ3v) is 2.51. The quantitative estimate of drug-likeness (QED) is 0.538. The Morgan fingerprint density at radius 2 is 2.07 bits per heavy atom. The van der Waals surface area contributed by atoms with Gasteiger partial charge in [-0.25, -0.2) is 0 Å². The molecule has 0 radical (unpaired) electrons. The molecule has 1 aliphatic heterocycles. The van der Waals surface area contributed by atoms with Gasteiger partial charge < -0.3 is 4.74 Å². The van der Waals surface area contributed by atoms with Gasteiger partial charge in [0.15, 0.2) is 5.60 Å². The van der Waals surface area contributed by atoms with Crippen LogP contribution in [-0.4, -0.2) is 5.97 Å². The highest BCUT2D eigenvalue weighted by Crippen LogP contribution is 2.41. The first-order chi connectivity index (χ1) is 6.77. The predicted molar refractivity (Wildman–Crippen MR) is 53.6 cm³/mol. The summed E-state index contributed by atoms with van der Waals surface area (Å²) in [7, 11) is 0. The van der Waals surface area contributed by atoms with Crippen LogP contribution in [-0.2, 0) is 15.1 Å². The van der Waals surface area contributed by atoms with E-state index in [2.05, 4.69) is 6.58 Å². The fourth-order valence-corrected chi connectivity index (χ4v) is 1.81. The van der Waals surface area contributed by atoms with Gasteiger partial charge in [-0.15, -0.1) is 6.58 Å². The minimum absolute atomic E-state index is 0.129. The number of benzene rings is 1. The van der Waals surface area contributed by atoms with Crippen molar-refractivity contribution in [3.8, 4) is 0 Å². The van der Waals surface area contributed by atoms with Crippen LogP contribution in [0.1, 0.15) is 18.4 Å². The Labute approximate surface area is 83.2 Å². The number of rotatable bonds is 3. The van der Waals surface area contributed by atoms with Crippen molar-refractivity contribution in [2.24, 2.45) is 0 Å². The van der Waals surface area contributed by atoms with Crippen LogP contribution in [0.15, 0.2) is 43.0 Å². The smallest absolute Gasteiger partial charge is 0.311 e. The Balaban J connectivity index is 2.29. The molecule has 1 aromatic carbocycles. The Bertz CT molecular complexity index is 340. The highest BCUT2D eigenvalue weighted by Gasteiger charge is 2.46. The van der Waals surface area contributed by atoms with Gasteiger partial charge in [0, 0.05) is 6.42 Å². The van der Waals surface area contributed by atoms with Crippen molar-refractivity contribution in [3.05, 3.63) is 48.6 Å². The molecule has 72 valence electrons. The van der Waals surface area contributed by atoms with E-state index in [4.69, 9.17) is 4.74 Å². The lowest BCUT2D eigenvalue weighted by atomic mass is 9.83. The maximum absolute atomic E-state index is 10.9. The zero-order valence-electron chi connectivity index (χ0n) is 7.90. The summed E-state index contributed by atoms with van der Waals surface area (Å²) in [6.45, 7) is 3.69. The molecule has 0 aliphatic carbocycles. The molecule has 1 unspecified atom stereocenters. The number of esters is 1. The lowest BCUT2D eigenvalue weighted by Gasteiger charge is -2.40. The third kappa shape index (κ3) is 1.33. The summed E-state index contributed by atoms with van der Waals surface area (Å²) in [6.07, 6.45) is 2.94.